The van der Waals surface area contributed by atoms with Gasteiger partial charge in [-0.15, -0.1) is 5.10 Å². The van der Waals surface area contributed by atoms with E-state index in [4.69, 9.17) is 16.0 Å². The zero-order chi connectivity index (χ0) is 13.1. The van der Waals surface area contributed by atoms with E-state index in [2.05, 4.69) is 43.4 Å². The van der Waals surface area contributed by atoms with Crippen LogP contribution in [0.15, 0.2) is 22.6 Å². The van der Waals surface area contributed by atoms with E-state index in [-0.39, 0.29) is 6.04 Å². The molecule has 0 aliphatic rings. The van der Waals surface area contributed by atoms with Crippen molar-refractivity contribution < 1.29 is 4.42 Å². The van der Waals surface area contributed by atoms with Crippen molar-refractivity contribution in [2.75, 3.05) is 12.4 Å². The van der Waals surface area contributed by atoms with Crippen LogP contribution in [0.4, 0.5) is 11.7 Å². The Morgan fingerprint density at radius 1 is 1.39 bits per heavy atom. The molecule has 0 amide bonds. The Labute approximate surface area is 123 Å². The van der Waals surface area contributed by atoms with Crippen LogP contribution in [0.1, 0.15) is 18.9 Å². The van der Waals surface area contributed by atoms with Crippen molar-refractivity contribution in [3.8, 4) is 0 Å². The molecule has 1 unspecified atom stereocenters. The van der Waals surface area contributed by atoms with Crippen LogP contribution in [0, 0.1) is 3.57 Å². The van der Waals surface area contributed by atoms with Crippen LogP contribution in [0.25, 0.3) is 0 Å². The number of halogens is 2. The highest BCUT2D eigenvalue weighted by molar-refractivity contribution is 14.1. The molecule has 5 nitrogen and oxygen atoms in total. The van der Waals surface area contributed by atoms with Gasteiger partial charge in [0.25, 0.3) is 0 Å². The van der Waals surface area contributed by atoms with Gasteiger partial charge >= 0.3 is 6.01 Å². The minimum Gasteiger partial charge on any atom is -0.406 e. The van der Waals surface area contributed by atoms with Crippen molar-refractivity contribution >= 4 is 45.9 Å². The first-order chi connectivity index (χ1) is 8.60. The van der Waals surface area contributed by atoms with E-state index in [1.165, 1.54) is 0 Å². The lowest BCUT2D eigenvalue weighted by molar-refractivity contribution is 0.443. The van der Waals surface area contributed by atoms with E-state index in [0.29, 0.717) is 16.9 Å². The molecular weight excluding hydrogens is 367 g/mol. The molecule has 18 heavy (non-hydrogen) atoms. The largest absolute Gasteiger partial charge is 0.406 e. The van der Waals surface area contributed by atoms with Gasteiger partial charge in [0.2, 0.25) is 5.89 Å². The van der Waals surface area contributed by atoms with Crippen molar-refractivity contribution in [1.29, 1.82) is 0 Å². The second-order valence-corrected chi connectivity index (χ2v) is 5.36. The molecule has 0 saturated heterocycles. The van der Waals surface area contributed by atoms with Crippen LogP contribution < -0.4 is 10.6 Å². The van der Waals surface area contributed by atoms with E-state index in [1.54, 1.807) is 0 Å². The molecule has 2 rings (SSSR count). The van der Waals surface area contributed by atoms with E-state index >= 15 is 0 Å². The van der Waals surface area contributed by atoms with Gasteiger partial charge in [-0.2, -0.15) is 0 Å². The van der Waals surface area contributed by atoms with E-state index in [0.717, 1.165) is 9.26 Å². The van der Waals surface area contributed by atoms with E-state index < -0.39 is 0 Å². The fourth-order valence-corrected chi connectivity index (χ4v) is 2.19. The zero-order valence-electron chi connectivity index (χ0n) is 9.87. The first kappa shape index (κ1) is 13.6. The molecule has 0 radical (unpaired) electrons. The number of nitrogens with one attached hydrogen (secondary N) is 2. The van der Waals surface area contributed by atoms with Gasteiger partial charge in [0.05, 0.1) is 16.8 Å². The van der Waals surface area contributed by atoms with Crippen LogP contribution in [0.5, 0.6) is 0 Å². The third-order valence-corrected chi connectivity index (χ3v) is 3.40. The molecule has 2 aromatic rings. The SMILES string of the molecule is CNC(C)c1nnc(Nc2ccc(I)cc2Cl)o1. The average Bonchev–Trinajstić information content (AvgIpc) is 2.80. The lowest BCUT2D eigenvalue weighted by Crippen LogP contribution is -2.12. The molecule has 0 fully saturated rings. The van der Waals surface area contributed by atoms with Crippen LogP contribution in [-0.4, -0.2) is 17.2 Å². The van der Waals surface area contributed by atoms with Gasteiger partial charge in [-0.3, -0.25) is 0 Å². The highest BCUT2D eigenvalue weighted by Gasteiger charge is 2.12. The molecule has 1 aromatic carbocycles. The quantitative estimate of drug-likeness (QED) is 0.799. The van der Waals surface area contributed by atoms with Gasteiger partial charge < -0.3 is 15.1 Å². The summed E-state index contributed by atoms with van der Waals surface area (Å²) in [5.74, 6) is 0.529. The van der Waals surface area contributed by atoms with Gasteiger partial charge in [0, 0.05) is 3.57 Å². The van der Waals surface area contributed by atoms with Crippen LogP contribution in [-0.2, 0) is 0 Å². The Morgan fingerprint density at radius 2 is 2.17 bits per heavy atom. The number of benzene rings is 1. The summed E-state index contributed by atoms with van der Waals surface area (Å²) < 4.78 is 6.54. The monoisotopic (exact) mass is 378 g/mol. The summed E-state index contributed by atoms with van der Waals surface area (Å²) in [5, 5.41) is 14.5. The minimum absolute atomic E-state index is 0.0141. The number of rotatable bonds is 4. The fourth-order valence-electron chi connectivity index (χ4n) is 1.29. The molecule has 2 N–H and O–H groups in total. The maximum atomic E-state index is 6.11. The predicted molar refractivity (Wildman–Crippen MR) is 79.2 cm³/mol. The molecule has 1 heterocycles. The number of nitrogens with zero attached hydrogens (tertiary/aromatic N) is 2. The number of anilines is 2. The van der Waals surface area contributed by atoms with Gasteiger partial charge in [0.15, 0.2) is 0 Å². The third-order valence-electron chi connectivity index (χ3n) is 2.42. The van der Waals surface area contributed by atoms with E-state index in [9.17, 15) is 0 Å². The Balaban J connectivity index is 2.16. The highest BCUT2D eigenvalue weighted by atomic mass is 127. The van der Waals surface area contributed by atoms with Gasteiger partial charge in [0.1, 0.15) is 0 Å². The van der Waals surface area contributed by atoms with Crippen molar-refractivity contribution in [1.82, 2.24) is 15.5 Å². The van der Waals surface area contributed by atoms with Crippen LogP contribution >= 0.6 is 34.2 Å². The van der Waals surface area contributed by atoms with Crippen molar-refractivity contribution in [3.05, 3.63) is 32.7 Å². The first-order valence-electron chi connectivity index (χ1n) is 5.33. The zero-order valence-corrected chi connectivity index (χ0v) is 12.8. The average molecular weight is 379 g/mol. The smallest absolute Gasteiger partial charge is 0.320 e. The van der Waals surface area contributed by atoms with Gasteiger partial charge in [-0.05, 0) is 54.8 Å². The summed E-state index contributed by atoms with van der Waals surface area (Å²) in [6.07, 6.45) is 0. The van der Waals surface area contributed by atoms with Crippen molar-refractivity contribution in [2.24, 2.45) is 0 Å². The molecule has 0 aliphatic carbocycles. The molecule has 0 saturated carbocycles. The molecule has 0 aliphatic heterocycles. The highest BCUT2D eigenvalue weighted by Crippen LogP contribution is 2.27. The predicted octanol–water partition coefficient (Wildman–Crippen LogP) is 3.35. The topological polar surface area (TPSA) is 63.0 Å². The standard InChI is InChI=1S/C11H12ClIN4O/c1-6(14-2)10-16-17-11(18-10)15-9-4-3-7(13)5-8(9)12/h3-6,14H,1-2H3,(H,15,17). The Bertz CT molecular complexity index is 546. The molecule has 1 aromatic heterocycles. The maximum absolute atomic E-state index is 6.11. The lowest BCUT2D eigenvalue weighted by Gasteiger charge is -2.05. The van der Waals surface area contributed by atoms with E-state index in [1.807, 2.05) is 32.2 Å². The van der Waals surface area contributed by atoms with Crippen LogP contribution in [0.2, 0.25) is 5.02 Å². The summed E-state index contributed by atoms with van der Waals surface area (Å²) in [7, 11) is 1.83. The Hall–Kier alpha value is -0.860. The molecule has 7 heteroatoms. The summed E-state index contributed by atoms with van der Waals surface area (Å²) in [4.78, 5) is 0. The molecular formula is C11H12ClIN4O. The van der Waals surface area contributed by atoms with Crippen molar-refractivity contribution in [3.63, 3.8) is 0 Å². The Kier molecular flexibility index (Phi) is 4.41. The summed E-state index contributed by atoms with van der Waals surface area (Å²) >= 11 is 8.31. The number of hydrogen-bond donors (Lipinski definition) is 2. The second kappa shape index (κ2) is 5.85. The Morgan fingerprint density at radius 3 is 2.83 bits per heavy atom. The lowest BCUT2D eigenvalue weighted by atomic mass is 10.3. The normalized spacial score (nSPS) is 12.4. The van der Waals surface area contributed by atoms with Gasteiger partial charge in [-0.25, -0.2) is 0 Å². The van der Waals surface area contributed by atoms with Gasteiger partial charge in [-0.1, -0.05) is 16.7 Å². The molecule has 1 atom stereocenters. The summed E-state index contributed by atoms with van der Waals surface area (Å²) in [6.45, 7) is 1.94. The second-order valence-electron chi connectivity index (χ2n) is 3.70. The molecule has 0 spiro atoms. The summed E-state index contributed by atoms with van der Waals surface area (Å²) in [5.41, 5.74) is 0.740. The summed E-state index contributed by atoms with van der Waals surface area (Å²) in [6, 6.07) is 6.02. The number of hydrogen-bond acceptors (Lipinski definition) is 5. The minimum atomic E-state index is 0.0141. The van der Waals surface area contributed by atoms with Crippen LogP contribution in [0.3, 0.4) is 0 Å². The first-order valence-corrected chi connectivity index (χ1v) is 6.78. The third kappa shape index (κ3) is 3.12. The number of aromatic nitrogens is 2. The fraction of sp³-hybridized carbons (Fsp3) is 0.273. The maximum Gasteiger partial charge on any atom is 0.320 e. The molecule has 0 bridgehead atoms. The molecule has 96 valence electrons. The van der Waals surface area contributed by atoms with Crippen molar-refractivity contribution in [2.45, 2.75) is 13.0 Å².